The molecule has 0 aliphatic rings. The van der Waals surface area contributed by atoms with E-state index in [1.165, 1.54) is 6.07 Å². The lowest BCUT2D eigenvalue weighted by Gasteiger charge is -2.10. The number of carbonyl (C=O) groups is 1. The third kappa shape index (κ3) is 4.36. The van der Waals surface area contributed by atoms with Crippen molar-refractivity contribution in [3.8, 4) is 17.4 Å². The van der Waals surface area contributed by atoms with Gasteiger partial charge in [0, 0.05) is 24.1 Å². The highest BCUT2D eigenvalue weighted by atomic mass is 16.5. The zero-order valence-electron chi connectivity index (χ0n) is 12.8. The SMILES string of the molecule is COc1ccc(COc2cc(CC(N)C(=O)O)on2)c(OC)c1. The summed E-state index contributed by atoms with van der Waals surface area (Å²) >= 11 is 0. The molecule has 124 valence electrons. The van der Waals surface area contributed by atoms with Crippen LogP contribution in [0.1, 0.15) is 11.3 Å². The average Bonchev–Trinajstić information content (AvgIpc) is 3.00. The number of rotatable bonds is 8. The predicted molar refractivity (Wildman–Crippen MR) is 79.7 cm³/mol. The van der Waals surface area contributed by atoms with Crippen LogP contribution in [-0.4, -0.2) is 36.5 Å². The summed E-state index contributed by atoms with van der Waals surface area (Å²) in [5, 5.41) is 12.5. The Kier molecular flexibility index (Phi) is 5.42. The number of ether oxygens (including phenoxy) is 3. The van der Waals surface area contributed by atoms with Crippen molar-refractivity contribution in [3.63, 3.8) is 0 Å². The topological polar surface area (TPSA) is 117 Å². The van der Waals surface area contributed by atoms with Gasteiger partial charge in [0.25, 0.3) is 5.88 Å². The molecule has 8 heteroatoms. The second-order valence-corrected chi connectivity index (χ2v) is 4.75. The van der Waals surface area contributed by atoms with Gasteiger partial charge in [-0.15, -0.1) is 0 Å². The van der Waals surface area contributed by atoms with Crippen LogP contribution in [-0.2, 0) is 17.8 Å². The fraction of sp³-hybridized carbons (Fsp3) is 0.333. The monoisotopic (exact) mass is 322 g/mol. The molecule has 0 spiro atoms. The first-order chi connectivity index (χ1) is 11.0. The van der Waals surface area contributed by atoms with Crippen LogP contribution in [0.4, 0.5) is 0 Å². The predicted octanol–water partition coefficient (Wildman–Crippen LogP) is 1.23. The number of methoxy groups -OCH3 is 2. The van der Waals surface area contributed by atoms with Crippen molar-refractivity contribution in [2.24, 2.45) is 5.73 Å². The molecule has 1 atom stereocenters. The molecule has 0 aliphatic heterocycles. The van der Waals surface area contributed by atoms with E-state index in [0.717, 1.165) is 5.56 Å². The minimum absolute atomic E-state index is 0.0392. The maximum atomic E-state index is 10.7. The number of nitrogens with two attached hydrogens (primary N) is 1. The van der Waals surface area contributed by atoms with E-state index in [-0.39, 0.29) is 18.9 Å². The van der Waals surface area contributed by atoms with Gasteiger partial charge >= 0.3 is 5.97 Å². The molecule has 0 radical (unpaired) electrons. The molecule has 1 unspecified atom stereocenters. The molecule has 1 aromatic carbocycles. The summed E-state index contributed by atoms with van der Waals surface area (Å²) in [6.07, 6.45) is 0.0392. The molecule has 1 heterocycles. The second kappa shape index (κ2) is 7.50. The summed E-state index contributed by atoms with van der Waals surface area (Å²) in [6, 6.07) is 5.83. The third-order valence-corrected chi connectivity index (χ3v) is 3.15. The molecule has 0 aliphatic carbocycles. The van der Waals surface area contributed by atoms with Crippen molar-refractivity contribution in [1.29, 1.82) is 0 Å². The van der Waals surface area contributed by atoms with Crippen molar-refractivity contribution in [2.45, 2.75) is 19.1 Å². The smallest absolute Gasteiger partial charge is 0.320 e. The highest BCUT2D eigenvalue weighted by Crippen LogP contribution is 2.25. The maximum Gasteiger partial charge on any atom is 0.320 e. The summed E-state index contributed by atoms with van der Waals surface area (Å²) in [5.74, 6) is 0.789. The lowest BCUT2D eigenvalue weighted by Crippen LogP contribution is -2.32. The van der Waals surface area contributed by atoms with E-state index < -0.39 is 12.0 Å². The summed E-state index contributed by atoms with van der Waals surface area (Å²) in [6.45, 7) is 0.212. The summed E-state index contributed by atoms with van der Waals surface area (Å²) in [4.78, 5) is 10.7. The second-order valence-electron chi connectivity index (χ2n) is 4.75. The molecule has 2 rings (SSSR count). The van der Waals surface area contributed by atoms with Crippen LogP contribution in [0.2, 0.25) is 0 Å². The van der Waals surface area contributed by atoms with Crippen LogP contribution in [0.5, 0.6) is 17.4 Å². The highest BCUT2D eigenvalue weighted by molar-refractivity contribution is 5.73. The first kappa shape index (κ1) is 16.6. The largest absolute Gasteiger partial charge is 0.497 e. The number of carboxylic acids is 1. The number of benzene rings is 1. The first-order valence-electron chi connectivity index (χ1n) is 6.81. The Morgan fingerprint density at radius 2 is 2.13 bits per heavy atom. The average molecular weight is 322 g/mol. The Labute approximate surface area is 132 Å². The molecule has 0 fully saturated rings. The zero-order valence-corrected chi connectivity index (χ0v) is 12.8. The van der Waals surface area contributed by atoms with Crippen LogP contribution in [0.15, 0.2) is 28.8 Å². The lowest BCUT2D eigenvalue weighted by atomic mass is 10.2. The molecule has 8 nitrogen and oxygen atoms in total. The van der Waals surface area contributed by atoms with Crippen LogP contribution < -0.4 is 19.9 Å². The fourth-order valence-corrected chi connectivity index (χ4v) is 1.89. The van der Waals surface area contributed by atoms with E-state index in [1.54, 1.807) is 26.4 Å². The Balaban J connectivity index is 1.99. The van der Waals surface area contributed by atoms with Gasteiger partial charge in [-0.2, -0.15) is 0 Å². The van der Waals surface area contributed by atoms with Gasteiger partial charge in [-0.05, 0) is 17.3 Å². The number of hydrogen-bond acceptors (Lipinski definition) is 7. The summed E-state index contributed by atoms with van der Waals surface area (Å²) < 4.78 is 20.9. The van der Waals surface area contributed by atoms with Crippen molar-refractivity contribution >= 4 is 5.97 Å². The van der Waals surface area contributed by atoms with Crippen LogP contribution >= 0.6 is 0 Å². The Morgan fingerprint density at radius 3 is 2.78 bits per heavy atom. The van der Waals surface area contributed by atoms with Gasteiger partial charge in [0.1, 0.15) is 29.9 Å². The molecule has 0 bridgehead atoms. The van der Waals surface area contributed by atoms with E-state index in [4.69, 9.17) is 29.6 Å². The van der Waals surface area contributed by atoms with Crippen molar-refractivity contribution < 1.29 is 28.6 Å². The number of aliphatic carboxylic acids is 1. The fourth-order valence-electron chi connectivity index (χ4n) is 1.89. The molecule has 0 amide bonds. The van der Waals surface area contributed by atoms with Gasteiger partial charge in [0.05, 0.1) is 14.2 Å². The third-order valence-electron chi connectivity index (χ3n) is 3.15. The van der Waals surface area contributed by atoms with Crippen molar-refractivity contribution in [2.75, 3.05) is 14.2 Å². The van der Waals surface area contributed by atoms with Gasteiger partial charge in [0.2, 0.25) is 0 Å². The molecule has 3 N–H and O–H groups in total. The van der Waals surface area contributed by atoms with Gasteiger partial charge in [-0.25, -0.2) is 0 Å². The summed E-state index contributed by atoms with van der Waals surface area (Å²) in [7, 11) is 3.13. The molecule has 0 saturated carbocycles. The van der Waals surface area contributed by atoms with Gasteiger partial charge < -0.3 is 29.6 Å². The molecular formula is C15H18N2O6. The molecule has 2 aromatic rings. The maximum absolute atomic E-state index is 10.7. The standard InChI is InChI=1S/C15H18N2O6/c1-20-10-4-3-9(13(6-10)21-2)8-22-14-7-11(23-17-14)5-12(16)15(18)19/h3-4,6-7,12H,5,8,16H2,1-2H3,(H,18,19). The zero-order chi connectivity index (χ0) is 16.8. The highest BCUT2D eigenvalue weighted by Gasteiger charge is 2.16. The van der Waals surface area contributed by atoms with Crippen LogP contribution in [0.3, 0.4) is 0 Å². The number of carboxylic acid groups (broad SMARTS) is 1. The summed E-state index contributed by atoms with van der Waals surface area (Å²) in [5.41, 5.74) is 6.24. The van der Waals surface area contributed by atoms with E-state index in [9.17, 15) is 4.79 Å². The minimum atomic E-state index is -1.10. The van der Waals surface area contributed by atoms with E-state index in [2.05, 4.69) is 5.16 Å². The number of aromatic nitrogens is 1. The molecule has 0 saturated heterocycles. The first-order valence-corrected chi connectivity index (χ1v) is 6.81. The lowest BCUT2D eigenvalue weighted by molar-refractivity contribution is -0.138. The Hall–Kier alpha value is -2.74. The molecule has 1 aromatic heterocycles. The van der Waals surface area contributed by atoms with Gasteiger partial charge in [0.15, 0.2) is 0 Å². The van der Waals surface area contributed by atoms with E-state index in [0.29, 0.717) is 17.3 Å². The Morgan fingerprint density at radius 1 is 1.35 bits per heavy atom. The normalized spacial score (nSPS) is 11.8. The van der Waals surface area contributed by atoms with Crippen molar-refractivity contribution in [1.82, 2.24) is 5.16 Å². The van der Waals surface area contributed by atoms with Crippen LogP contribution in [0.25, 0.3) is 0 Å². The van der Waals surface area contributed by atoms with E-state index >= 15 is 0 Å². The molecular weight excluding hydrogens is 304 g/mol. The minimum Gasteiger partial charge on any atom is -0.497 e. The Bertz CT molecular complexity index is 670. The molecule has 23 heavy (non-hydrogen) atoms. The van der Waals surface area contributed by atoms with Gasteiger partial charge in [-0.1, -0.05) is 0 Å². The number of nitrogens with zero attached hydrogens (tertiary/aromatic N) is 1. The van der Waals surface area contributed by atoms with E-state index in [1.807, 2.05) is 6.07 Å². The van der Waals surface area contributed by atoms with Crippen molar-refractivity contribution in [3.05, 3.63) is 35.6 Å². The number of hydrogen-bond donors (Lipinski definition) is 2. The van der Waals surface area contributed by atoms with Gasteiger partial charge in [-0.3, -0.25) is 4.79 Å². The quantitative estimate of drug-likeness (QED) is 0.745. The van der Waals surface area contributed by atoms with Crippen LogP contribution in [0, 0.1) is 0 Å².